The minimum absolute atomic E-state index is 0.364. The molecule has 0 atom stereocenters. The fourth-order valence-electron chi connectivity index (χ4n) is 0.915. The summed E-state index contributed by atoms with van der Waals surface area (Å²) in [6, 6.07) is 0.837. The quantitative estimate of drug-likeness (QED) is 0.737. The van der Waals surface area contributed by atoms with Crippen molar-refractivity contribution in [3.05, 3.63) is 23.8 Å². The summed E-state index contributed by atoms with van der Waals surface area (Å²) in [6.07, 6.45) is 0. The Morgan fingerprint density at radius 3 is 2.40 bits per heavy atom. The molecule has 0 unspecified atom stereocenters. The summed E-state index contributed by atoms with van der Waals surface area (Å²) in [5.74, 6) is -4.22. The highest BCUT2D eigenvalue weighted by Gasteiger charge is 2.17. The highest BCUT2D eigenvalue weighted by molar-refractivity contribution is 5.41. The lowest BCUT2D eigenvalue weighted by molar-refractivity contribution is -0.0524. The lowest BCUT2D eigenvalue weighted by Crippen LogP contribution is -2.06. The molecule has 0 spiro atoms. The number of halogens is 5. The van der Waals surface area contributed by atoms with Crippen molar-refractivity contribution < 1.29 is 31.4 Å². The van der Waals surface area contributed by atoms with Crippen LogP contribution in [0, 0.1) is 11.6 Å². The van der Waals surface area contributed by atoms with Gasteiger partial charge in [0.2, 0.25) is 12.6 Å². The number of alkyl halides is 3. The van der Waals surface area contributed by atoms with Gasteiger partial charge >= 0.3 is 6.61 Å². The molecule has 0 aliphatic rings. The smallest absolute Gasteiger partial charge is 0.387 e. The number of benzene rings is 1. The molecule has 0 bridgehead atoms. The van der Waals surface area contributed by atoms with Crippen LogP contribution < -0.4 is 9.47 Å². The van der Waals surface area contributed by atoms with Gasteiger partial charge in [0.05, 0.1) is 0 Å². The molecule has 0 amide bonds. The summed E-state index contributed by atoms with van der Waals surface area (Å²) in [7, 11) is 0. The first-order valence-electron chi connectivity index (χ1n) is 3.67. The third-order valence-corrected chi connectivity index (χ3v) is 1.39. The van der Waals surface area contributed by atoms with E-state index in [-0.39, 0.29) is 0 Å². The topological polar surface area (TPSA) is 18.5 Å². The number of ether oxygens (including phenoxy) is 2. The molecule has 0 aromatic heterocycles. The SMILES string of the molecule is FCOc1c(F)cc(F)cc1OC(F)F. The van der Waals surface area contributed by atoms with Gasteiger partial charge in [0, 0.05) is 12.1 Å². The van der Waals surface area contributed by atoms with E-state index in [0.29, 0.717) is 12.1 Å². The number of rotatable bonds is 4. The summed E-state index contributed by atoms with van der Waals surface area (Å²) < 4.78 is 68.6. The molecule has 1 aromatic rings. The van der Waals surface area contributed by atoms with Gasteiger partial charge < -0.3 is 9.47 Å². The predicted molar refractivity (Wildman–Crippen MR) is 39.6 cm³/mol. The highest BCUT2D eigenvalue weighted by Crippen LogP contribution is 2.32. The van der Waals surface area contributed by atoms with Crippen LogP contribution in [0.15, 0.2) is 12.1 Å². The van der Waals surface area contributed by atoms with Crippen molar-refractivity contribution in [3.8, 4) is 11.5 Å². The first-order chi connectivity index (χ1) is 7.04. The third kappa shape index (κ3) is 2.97. The average Bonchev–Trinajstić information content (AvgIpc) is 2.10. The molecule has 0 N–H and O–H groups in total. The molecule has 0 fully saturated rings. The van der Waals surface area contributed by atoms with Gasteiger partial charge in [0.1, 0.15) is 5.82 Å². The summed E-state index contributed by atoms with van der Waals surface area (Å²) in [4.78, 5) is 0. The Hall–Kier alpha value is -1.53. The monoisotopic (exact) mass is 228 g/mol. The largest absolute Gasteiger partial charge is 0.456 e. The van der Waals surface area contributed by atoms with Crippen LogP contribution in [-0.2, 0) is 0 Å². The van der Waals surface area contributed by atoms with Gasteiger partial charge in [-0.1, -0.05) is 0 Å². The Morgan fingerprint density at radius 1 is 1.20 bits per heavy atom. The summed E-state index contributed by atoms with van der Waals surface area (Å²) in [5.41, 5.74) is 0. The maximum Gasteiger partial charge on any atom is 0.387 e. The fraction of sp³-hybridized carbons (Fsp3) is 0.250. The molecule has 7 heteroatoms. The zero-order valence-corrected chi connectivity index (χ0v) is 7.15. The molecule has 15 heavy (non-hydrogen) atoms. The molecule has 1 rings (SSSR count). The van der Waals surface area contributed by atoms with Gasteiger partial charge in [0.15, 0.2) is 11.6 Å². The average molecular weight is 228 g/mol. The predicted octanol–water partition coefficient (Wildman–Crippen LogP) is 2.87. The van der Waals surface area contributed by atoms with Crippen molar-refractivity contribution >= 4 is 0 Å². The standard InChI is InChI=1S/C8H5F5O2/c9-3-14-7-5(11)1-4(10)2-6(7)15-8(12)13/h1-2,8H,3H2. The Labute approximate surface area is 81.2 Å². The van der Waals surface area contributed by atoms with Crippen molar-refractivity contribution in [3.63, 3.8) is 0 Å². The maximum atomic E-state index is 12.9. The molecule has 84 valence electrons. The molecule has 0 heterocycles. The van der Waals surface area contributed by atoms with Crippen molar-refractivity contribution in [2.24, 2.45) is 0 Å². The fourth-order valence-corrected chi connectivity index (χ4v) is 0.915. The molecule has 0 radical (unpaired) electrons. The van der Waals surface area contributed by atoms with Crippen LogP contribution in [0.2, 0.25) is 0 Å². The van der Waals surface area contributed by atoms with E-state index in [1.165, 1.54) is 0 Å². The van der Waals surface area contributed by atoms with E-state index < -0.39 is 36.6 Å². The highest BCUT2D eigenvalue weighted by atomic mass is 19.3. The van der Waals surface area contributed by atoms with Crippen molar-refractivity contribution in [1.82, 2.24) is 0 Å². The minimum Gasteiger partial charge on any atom is -0.456 e. The normalized spacial score (nSPS) is 10.5. The molecule has 0 saturated carbocycles. The Kier molecular flexibility index (Phi) is 3.70. The van der Waals surface area contributed by atoms with Crippen LogP contribution in [-0.4, -0.2) is 13.5 Å². The molecule has 0 saturated heterocycles. The van der Waals surface area contributed by atoms with Crippen molar-refractivity contribution in [2.45, 2.75) is 6.61 Å². The van der Waals surface area contributed by atoms with E-state index in [1.807, 2.05) is 0 Å². The van der Waals surface area contributed by atoms with E-state index in [2.05, 4.69) is 9.47 Å². The number of hydrogen-bond donors (Lipinski definition) is 0. The van der Waals surface area contributed by atoms with Crippen molar-refractivity contribution in [2.75, 3.05) is 6.86 Å². The van der Waals surface area contributed by atoms with Crippen molar-refractivity contribution in [1.29, 1.82) is 0 Å². The van der Waals surface area contributed by atoms with Gasteiger partial charge in [0.25, 0.3) is 0 Å². The lowest BCUT2D eigenvalue weighted by atomic mass is 10.3. The van der Waals surface area contributed by atoms with Crippen LogP contribution in [0.3, 0.4) is 0 Å². The van der Waals surface area contributed by atoms with E-state index in [9.17, 15) is 22.0 Å². The zero-order chi connectivity index (χ0) is 11.4. The first kappa shape index (κ1) is 11.5. The van der Waals surface area contributed by atoms with Gasteiger partial charge in [-0.25, -0.2) is 13.2 Å². The zero-order valence-electron chi connectivity index (χ0n) is 7.15. The van der Waals surface area contributed by atoms with Crippen LogP contribution in [0.4, 0.5) is 22.0 Å². The van der Waals surface area contributed by atoms with Crippen LogP contribution in [0.5, 0.6) is 11.5 Å². The Bertz CT molecular complexity index is 342. The summed E-state index contributed by atoms with van der Waals surface area (Å²) >= 11 is 0. The first-order valence-corrected chi connectivity index (χ1v) is 3.67. The van der Waals surface area contributed by atoms with Gasteiger partial charge in [-0.05, 0) is 0 Å². The van der Waals surface area contributed by atoms with Crippen LogP contribution in [0.25, 0.3) is 0 Å². The molecular formula is C8H5F5O2. The van der Waals surface area contributed by atoms with Crippen LogP contribution in [0.1, 0.15) is 0 Å². The van der Waals surface area contributed by atoms with E-state index in [4.69, 9.17) is 0 Å². The molecule has 2 nitrogen and oxygen atoms in total. The second-order valence-corrected chi connectivity index (χ2v) is 2.35. The molecular weight excluding hydrogens is 223 g/mol. The second-order valence-electron chi connectivity index (χ2n) is 2.35. The lowest BCUT2D eigenvalue weighted by Gasteiger charge is -2.10. The molecule has 0 aliphatic heterocycles. The van der Waals surface area contributed by atoms with Crippen LogP contribution >= 0.6 is 0 Å². The summed E-state index contributed by atoms with van der Waals surface area (Å²) in [5, 5.41) is 0. The minimum atomic E-state index is -3.28. The van der Waals surface area contributed by atoms with Gasteiger partial charge in [-0.3, -0.25) is 0 Å². The summed E-state index contributed by atoms with van der Waals surface area (Å²) in [6.45, 7) is -4.73. The van der Waals surface area contributed by atoms with E-state index >= 15 is 0 Å². The van der Waals surface area contributed by atoms with Gasteiger partial charge in [-0.2, -0.15) is 8.78 Å². The maximum absolute atomic E-state index is 12.9. The number of hydrogen-bond acceptors (Lipinski definition) is 2. The van der Waals surface area contributed by atoms with E-state index in [1.54, 1.807) is 0 Å². The molecule has 0 aliphatic carbocycles. The Balaban J connectivity index is 3.08. The van der Waals surface area contributed by atoms with Gasteiger partial charge in [-0.15, -0.1) is 0 Å². The third-order valence-electron chi connectivity index (χ3n) is 1.39. The Morgan fingerprint density at radius 2 is 1.87 bits per heavy atom. The molecule has 1 aromatic carbocycles. The second kappa shape index (κ2) is 4.81. The van der Waals surface area contributed by atoms with E-state index in [0.717, 1.165) is 0 Å².